The molecule has 1 aliphatic rings. The molecule has 0 radical (unpaired) electrons. The van der Waals surface area contributed by atoms with E-state index in [-0.39, 0.29) is 5.91 Å². The minimum absolute atomic E-state index is 0.0588. The van der Waals surface area contributed by atoms with E-state index in [0.717, 1.165) is 17.7 Å². The Morgan fingerprint density at radius 2 is 2.21 bits per heavy atom. The molecule has 0 aliphatic heterocycles. The molecule has 1 atom stereocenters. The number of thiophene rings is 1. The second-order valence-electron chi connectivity index (χ2n) is 5.27. The number of rotatable bonds is 4. The third-order valence-electron chi connectivity index (χ3n) is 3.86. The molecular formula is C14H20N2OS2. The number of carbonyl (C=O) groups excluding carboxylic acids is 1. The van der Waals surface area contributed by atoms with E-state index >= 15 is 0 Å². The minimum Gasteiger partial charge on any atom is -0.391 e. The second kappa shape index (κ2) is 5.59. The molecule has 0 saturated heterocycles. The standard InChI is InChI=1S/C14H20N2OS2/c1-3-14(2,13(15)18)16-12(17)11-8-9-6-4-5-7-10(9)19-11/h8H,3-7H2,1-2H3,(H2,15,18)(H,16,17). The highest BCUT2D eigenvalue weighted by Gasteiger charge is 2.29. The van der Waals surface area contributed by atoms with Crippen molar-refractivity contribution in [3.8, 4) is 0 Å². The predicted molar refractivity (Wildman–Crippen MR) is 83.9 cm³/mol. The summed E-state index contributed by atoms with van der Waals surface area (Å²) in [5, 5.41) is 2.97. The molecule has 5 heteroatoms. The van der Waals surface area contributed by atoms with Crippen molar-refractivity contribution < 1.29 is 4.79 Å². The number of aryl methyl sites for hydroxylation is 2. The van der Waals surface area contributed by atoms with E-state index in [0.29, 0.717) is 11.4 Å². The summed E-state index contributed by atoms with van der Waals surface area (Å²) in [7, 11) is 0. The lowest BCUT2D eigenvalue weighted by atomic mass is 9.98. The van der Waals surface area contributed by atoms with E-state index in [1.807, 2.05) is 19.9 Å². The molecule has 0 spiro atoms. The highest BCUT2D eigenvalue weighted by atomic mass is 32.1. The van der Waals surface area contributed by atoms with Crippen LogP contribution >= 0.6 is 23.6 Å². The molecule has 104 valence electrons. The first-order chi connectivity index (χ1) is 8.96. The van der Waals surface area contributed by atoms with Gasteiger partial charge in [0.15, 0.2) is 0 Å². The van der Waals surface area contributed by atoms with Crippen LogP contribution in [0.3, 0.4) is 0 Å². The first-order valence-corrected chi connectivity index (χ1v) is 7.93. The van der Waals surface area contributed by atoms with Crippen molar-refractivity contribution in [2.45, 2.75) is 51.5 Å². The third kappa shape index (κ3) is 2.98. The average Bonchev–Trinajstić information content (AvgIpc) is 2.82. The number of carbonyl (C=O) groups is 1. The number of nitrogens with one attached hydrogen (secondary N) is 1. The van der Waals surface area contributed by atoms with Gasteiger partial charge in [-0.05, 0) is 50.7 Å². The SMILES string of the molecule is CCC(C)(NC(=O)c1cc2c(s1)CCCC2)C(N)=S. The molecule has 2 rings (SSSR count). The normalized spacial score (nSPS) is 17.4. The van der Waals surface area contributed by atoms with Crippen LogP contribution in [-0.2, 0) is 12.8 Å². The van der Waals surface area contributed by atoms with Gasteiger partial charge in [-0.2, -0.15) is 0 Å². The molecule has 1 aromatic heterocycles. The van der Waals surface area contributed by atoms with Crippen LogP contribution in [0.15, 0.2) is 6.07 Å². The van der Waals surface area contributed by atoms with Gasteiger partial charge in [-0.15, -0.1) is 11.3 Å². The topological polar surface area (TPSA) is 55.1 Å². The summed E-state index contributed by atoms with van der Waals surface area (Å²) in [6.45, 7) is 3.85. The van der Waals surface area contributed by atoms with Gasteiger partial charge in [0, 0.05) is 4.88 Å². The van der Waals surface area contributed by atoms with Crippen molar-refractivity contribution >= 4 is 34.5 Å². The lowest BCUT2D eigenvalue weighted by molar-refractivity contribution is 0.0930. The summed E-state index contributed by atoms with van der Waals surface area (Å²) < 4.78 is 0. The fourth-order valence-electron chi connectivity index (χ4n) is 2.24. The first-order valence-electron chi connectivity index (χ1n) is 6.70. The molecule has 3 N–H and O–H groups in total. The fraction of sp³-hybridized carbons (Fsp3) is 0.571. The molecule has 1 heterocycles. The molecule has 19 heavy (non-hydrogen) atoms. The monoisotopic (exact) mass is 296 g/mol. The molecule has 1 aromatic rings. The van der Waals surface area contributed by atoms with Gasteiger partial charge in [-0.25, -0.2) is 0 Å². The van der Waals surface area contributed by atoms with Gasteiger partial charge < -0.3 is 11.1 Å². The minimum atomic E-state index is -0.600. The molecule has 1 unspecified atom stereocenters. The lowest BCUT2D eigenvalue weighted by Crippen LogP contribution is -2.53. The Hall–Kier alpha value is -0.940. The van der Waals surface area contributed by atoms with E-state index in [2.05, 4.69) is 5.32 Å². The Balaban J connectivity index is 2.16. The Morgan fingerprint density at radius 3 is 2.79 bits per heavy atom. The van der Waals surface area contributed by atoms with Crippen LogP contribution in [0.2, 0.25) is 0 Å². The highest BCUT2D eigenvalue weighted by Crippen LogP contribution is 2.30. The average molecular weight is 296 g/mol. The van der Waals surface area contributed by atoms with Crippen LogP contribution in [-0.4, -0.2) is 16.4 Å². The Kier molecular flexibility index (Phi) is 4.26. The zero-order valence-corrected chi connectivity index (χ0v) is 13.0. The van der Waals surface area contributed by atoms with E-state index in [1.165, 1.54) is 23.3 Å². The molecule has 1 amide bonds. The van der Waals surface area contributed by atoms with Gasteiger partial charge >= 0.3 is 0 Å². The number of nitrogens with two attached hydrogens (primary N) is 1. The molecule has 0 fully saturated rings. The van der Waals surface area contributed by atoms with Gasteiger partial charge in [0.25, 0.3) is 5.91 Å². The largest absolute Gasteiger partial charge is 0.391 e. The van der Waals surface area contributed by atoms with Gasteiger partial charge in [-0.3, -0.25) is 4.79 Å². The number of amides is 1. The van der Waals surface area contributed by atoms with Gasteiger partial charge in [0.2, 0.25) is 0 Å². The lowest BCUT2D eigenvalue weighted by Gasteiger charge is -2.27. The summed E-state index contributed by atoms with van der Waals surface area (Å²) in [6, 6.07) is 2.03. The smallest absolute Gasteiger partial charge is 0.262 e. The maximum Gasteiger partial charge on any atom is 0.262 e. The van der Waals surface area contributed by atoms with E-state index in [1.54, 1.807) is 11.3 Å². The molecule has 3 nitrogen and oxygen atoms in total. The number of hydrogen-bond acceptors (Lipinski definition) is 3. The van der Waals surface area contributed by atoms with Crippen molar-refractivity contribution in [2.75, 3.05) is 0 Å². The summed E-state index contributed by atoms with van der Waals surface area (Å²) in [4.78, 5) is 14.8. The molecule has 0 bridgehead atoms. The second-order valence-corrected chi connectivity index (χ2v) is 6.85. The highest BCUT2D eigenvalue weighted by molar-refractivity contribution is 7.80. The maximum absolute atomic E-state index is 12.3. The first kappa shape index (κ1) is 14.5. The van der Waals surface area contributed by atoms with Crippen molar-refractivity contribution in [2.24, 2.45) is 5.73 Å². The van der Waals surface area contributed by atoms with Gasteiger partial charge in [-0.1, -0.05) is 19.1 Å². The van der Waals surface area contributed by atoms with Crippen LogP contribution in [0, 0.1) is 0 Å². The summed E-state index contributed by atoms with van der Waals surface area (Å²) in [5.74, 6) is -0.0588. The molecule has 1 aliphatic carbocycles. The van der Waals surface area contributed by atoms with Crippen molar-refractivity contribution in [1.82, 2.24) is 5.32 Å². The Labute approximate surface area is 123 Å². The van der Waals surface area contributed by atoms with Crippen molar-refractivity contribution in [3.63, 3.8) is 0 Å². The quantitative estimate of drug-likeness (QED) is 0.840. The van der Waals surface area contributed by atoms with E-state index < -0.39 is 5.54 Å². The third-order valence-corrected chi connectivity index (χ3v) is 5.55. The maximum atomic E-state index is 12.3. The van der Waals surface area contributed by atoms with Crippen LogP contribution in [0.5, 0.6) is 0 Å². The van der Waals surface area contributed by atoms with E-state index in [4.69, 9.17) is 18.0 Å². The summed E-state index contributed by atoms with van der Waals surface area (Å²) in [6.07, 6.45) is 5.35. The van der Waals surface area contributed by atoms with Gasteiger partial charge in [0.05, 0.1) is 15.4 Å². The van der Waals surface area contributed by atoms with Crippen molar-refractivity contribution in [3.05, 3.63) is 21.4 Å². The van der Waals surface area contributed by atoms with Crippen LogP contribution in [0.25, 0.3) is 0 Å². The number of fused-ring (bicyclic) bond motifs is 1. The van der Waals surface area contributed by atoms with Gasteiger partial charge in [0.1, 0.15) is 0 Å². The van der Waals surface area contributed by atoms with Crippen LogP contribution in [0.4, 0.5) is 0 Å². The summed E-state index contributed by atoms with van der Waals surface area (Å²) >= 11 is 6.66. The van der Waals surface area contributed by atoms with Crippen LogP contribution in [0.1, 0.15) is 53.2 Å². The van der Waals surface area contributed by atoms with Crippen LogP contribution < -0.4 is 11.1 Å². The van der Waals surface area contributed by atoms with E-state index in [9.17, 15) is 4.79 Å². The number of thiocarbonyl (C=S) groups is 1. The zero-order chi connectivity index (χ0) is 14.0. The zero-order valence-electron chi connectivity index (χ0n) is 11.4. The molecule has 0 aromatic carbocycles. The Morgan fingerprint density at radius 1 is 1.53 bits per heavy atom. The molecule has 0 saturated carbocycles. The fourth-order valence-corrected chi connectivity index (χ4v) is 3.58. The predicted octanol–water partition coefficient (Wildman–Crippen LogP) is 2.81. The number of hydrogen-bond donors (Lipinski definition) is 2. The summed E-state index contributed by atoms with van der Waals surface area (Å²) in [5.41, 5.74) is 6.47. The Bertz CT molecular complexity index is 486. The van der Waals surface area contributed by atoms with Crippen molar-refractivity contribution in [1.29, 1.82) is 0 Å². The molecular weight excluding hydrogens is 276 g/mol.